The Hall–Kier alpha value is -2.62. The number of esters is 1. The molecule has 0 bridgehead atoms. The summed E-state index contributed by atoms with van der Waals surface area (Å²) < 4.78 is 36.8. The molecule has 0 unspecified atom stereocenters. The van der Waals surface area contributed by atoms with Gasteiger partial charge in [-0.25, -0.2) is 13.2 Å². The van der Waals surface area contributed by atoms with Crippen LogP contribution in [-0.4, -0.2) is 51.4 Å². The molecule has 0 aliphatic heterocycles. The van der Waals surface area contributed by atoms with E-state index >= 15 is 0 Å². The van der Waals surface area contributed by atoms with Crippen LogP contribution in [0.25, 0.3) is 0 Å². The predicted molar refractivity (Wildman–Crippen MR) is 113 cm³/mol. The molecule has 8 nitrogen and oxygen atoms in total. The first-order chi connectivity index (χ1) is 14.2. The Labute approximate surface area is 180 Å². The van der Waals surface area contributed by atoms with Crippen LogP contribution < -0.4 is 10.1 Å². The largest absolute Gasteiger partial charge is 0.492 e. The molecule has 2 aromatic carbocycles. The van der Waals surface area contributed by atoms with Gasteiger partial charge < -0.3 is 14.8 Å². The minimum absolute atomic E-state index is 0.0342. The number of halogens is 1. The Bertz CT molecular complexity index is 1010. The normalized spacial score (nSPS) is 11.2. The van der Waals surface area contributed by atoms with Gasteiger partial charge >= 0.3 is 5.97 Å². The lowest BCUT2D eigenvalue weighted by atomic mass is 10.2. The summed E-state index contributed by atoms with van der Waals surface area (Å²) in [5.74, 6) is -0.636. The quantitative estimate of drug-likeness (QED) is 0.584. The monoisotopic (exact) mass is 454 g/mol. The molecule has 0 saturated heterocycles. The zero-order valence-electron chi connectivity index (χ0n) is 16.8. The zero-order chi connectivity index (χ0) is 22.3. The van der Waals surface area contributed by atoms with Crippen LogP contribution in [0, 0.1) is 0 Å². The molecule has 0 aliphatic rings. The summed E-state index contributed by atoms with van der Waals surface area (Å²) in [6.45, 7) is 3.52. The number of sulfonamides is 1. The number of amides is 1. The van der Waals surface area contributed by atoms with Crippen molar-refractivity contribution in [1.29, 1.82) is 0 Å². The second kappa shape index (κ2) is 10.4. The van der Waals surface area contributed by atoms with Gasteiger partial charge in [-0.3, -0.25) is 4.79 Å². The SMILES string of the molecule is CCOc1ccc(S(=O)(=O)N(CC)CC(=O)Nc2ccc(C(=O)OC)cc2)cc1Cl. The van der Waals surface area contributed by atoms with Gasteiger partial charge in [0.1, 0.15) is 5.75 Å². The predicted octanol–water partition coefficient (Wildman–Crippen LogP) is 3.17. The highest BCUT2D eigenvalue weighted by atomic mass is 35.5. The second-order valence-electron chi connectivity index (χ2n) is 6.07. The number of nitrogens with one attached hydrogen (secondary N) is 1. The first kappa shape index (κ1) is 23.7. The number of ether oxygens (including phenoxy) is 2. The lowest BCUT2D eigenvalue weighted by molar-refractivity contribution is -0.116. The van der Waals surface area contributed by atoms with Crippen LogP contribution in [-0.2, 0) is 19.6 Å². The third-order valence-corrected chi connectivity index (χ3v) is 6.32. The van der Waals surface area contributed by atoms with E-state index in [9.17, 15) is 18.0 Å². The molecule has 162 valence electrons. The maximum atomic E-state index is 12.9. The molecule has 2 rings (SSSR count). The van der Waals surface area contributed by atoms with E-state index < -0.39 is 21.9 Å². The molecule has 0 fully saturated rings. The molecule has 0 saturated carbocycles. The average molecular weight is 455 g/mol. The van der Waals surface area contributed by atoms with E-state index in [-0.39, 0.29) is 23.0 Å². The molecule has 0 spiro atoms. The topological polar surface area (TPSA) is 102 Å². The number of carbonyl (C=O) groups excluding carboxylic acids is 2. The molecule has 0 heterocycles. The van der Waals surface area contributed by atoms with Crippen LogP contribution in [0.4, 0.5) is 5.69 Å². The molecule has 1 N–H and O–H groups in total. The van der Waals surface area contributed by atoms with Gasteiger partial charge in [0.15, 0.2) is 0 Å². The fourth-order valence-corrected chi connectivity index (χ4v) is 4.33. The minimum Gasteiger partial charge on any atom is -0.492 e. The van der Waals surface area contributed by atoms with Crippen LogP contribution in [0.5, 0.6) is 5.75 Å². The number of carbonyl (C=O) groups is 2. The van der Waals surface area contributed by atoms with Crippen molar-refractivity contribution in [3.8, 4) is 5.75 Å². The maximum absolute atomic E-state index is 12.9. The summed E-state index contributed by atoms with van der Waals surface area (Å²) in [4.78, 5) is 23.8. The summed E-state index contributed by atoms with van der Waals surface area (Å²) in [5, 5.41) is 2.78. The Morgan fingerprint density at radius 1 is 1.10 bits per heavy atom. The molecular weight excluding hydrogens is 432 g/mol. The molecule has 2 aromatic rings. The lowest BCUT2D eigenvalue weighted by Gasteiger charge is -2.20. The van der Waals surface area contributed by atoms with E-state index in [2.05, 4.69) is 10.1 Å². The van der Waals surface area contributed by atoms with Crippen molar-refractivity contribution in [1.82, 2.24) is 4.31 Å². The molecule has 30 heavy (non-hydrogen) atoms. The molecule has 0 aromatic heterocycles. The van der Waals surface area contributed by atoms with Gasteiger partial charge in [0.05, 0.1) is 35.7 Å². The summed E-state index contributed by atoms with van der Waals surface area (Å²) in [6.07, 6.45) is 0. The number of hydrogen-bond acceptors (Lipinski definition) is 6. The molecule has 0 radical (unpaired) electrons. The molecule has 10 heteroatoms. The van der Waals surface area contributed by atoms with Crippen molar-refractivity contribution in [2.75, 3.05) is 32.1 Å². The average Bonchev–Trinajstić information content (AvgIpc) is 2.73. The van der Waals surface area contributed by atoms with Crippen molar-refractivity contribution in [3.05, 3.63) is 53.1 Å². The van der Waals surface area contributed by atoms with Crippen LogP contribution >= 0.6 is 11.6 Å². The standard InChI is InChI=1S/C20H23ClN2O6S/c1-4-23(30(26,27)16-10-11-18(29-5-2)17(21)12-16)13-19(24)22-15-8-6-14(7-9-15)20(25)28-3/h6-12H,4-5,13H2,1-3H3,(H,22,24). The minimum atomic E-state index is -3.94. The van der Waals surface area contributed by atoms with E-state index in [1.54, 1.807) is 13.8 Å². The number of methoxy groups -OCH3 is 1. The summed E-state index contributed by atoms with van der Waals surface area (Å²) in [6, 6.07) is 10.2. The number of rotatable bonds is 9. The van der Waals surface area contributed by atoms with Crippen molar-refractivity contribution < 1.29 is 27.5 Å². The number of hydrogen-bond donors (Lipinski definition) is 1. The second-order valence-corrected chi connectivity index (χ2v) is 8.42. The highest BCUT2D eigenvalue weighted by Gasteiger charge is 2.26. The van der Waals surface area contributed by atoms with Gasteiger partial charge in [-0.1, -0.05) is 18.5 Å². The molecule has 0 aliphatic carbocycles. The highest BCUT2D eigenvalue weighted by molar-refractivity contribution is 7.89. The van der Waals surface area contributed by atoms with Crippen molar-refractivity contribution in [2.45, 2.75) is 18.7 Å². The number of nitrogens with zero attached hydrogens (tertiary/aromatic N) is 1. The summed E-state index contributed by atoms with van der Waals surface area (Å²) in [5.41, 5.74) is 0.755. The third-order valence-electron chi connectivity index (χ3n) is 4.10. The number of benzene rings is 2. The van der Waals surface area contributed by atoms with Crippen molar-refractivity contribution in [2.24, 2.45) is 0 Å². The fraction of sp³-hybridized carbons (Fsp3) is 0.300. The number of anilines is 1. The van der Waals surface area contributed by atoms with Gasteiger partial charge in [-0.2, -0.15) is 4.31 Å². The first-order valence-electron chi connectivity index (χ1n) is 9.13. The van der Waals surface area contributed by atoms with Crippen LogP contribution in [0.1, 0.15) is 24.2 Å². The van der Waals surface area contributed by atoms with Gasteiger partial charge in [-0.05, 0) is 49.4 Å². The third kappa shape index (κ3) is 5.71. The summed E-state index contributed by atoms with van der Waals surface area (Å²) in [7, 11) is -2.67. The van der Waals surface area contributed by atoms with Crippen LogP contribution in [0.2, 0.25) is 5.02 Å². The van der Waals surface area contributed by atoms with Crippen molar-refractivity contribution in [3.63, 3.8) is 0 Å². The maximum Gasteiger partial charge on any atom is 0.337 e. The molecular formula is C20H23ClN2O6S. The van der Waals surface area contributed by atoms with E-state index in [0.29, 0.717) is 23.6 Å². The van der Waals surface area contributed by atoms with Crippen LogP contribution in [0.15, 0.2) is 47.4 Å². The van der Waals surface area contributed by atoms with Crippen molar-refractivity contribution >= 4 is 39.2 Å². The van der Waals surface area contributed by atoms with Gasteiger partial charge in [0, 0.05) is 12.2 Å². The van der Waals surface area contributed by atoms with E-state index in [0.717, 1.165) is 4.31 Å². The van der Waals surface area contributed by atoms with E-state index in [4.69, 9.17) is 16.3 Å². The Morgan fingerprint density at radius 3 is 2.30 bits per heavy atom. The van der Waals surface area contributed by atoms with Gasteiger partial charge in [0.2, 0.25) is 15.9 Å². The Morgan fingerprint density at radius 2 is 1.77 bits per heavy atom. The highest BCUT2D eigenvalue weighted by Crippen LogP contribution is 2.28. The van der Waals surface area contributed by atoms with E-state index in [1.165, 1.54) is 49.6 Å². The zero-order valence-corrected chi connectivity index (χ0v) is 18.4. The Kier molecular flexibility index (Phi) is 8.22. The number of likely N-dealkylation sites (N-methyl/N-ethyl adjacent to an activating group) is 1. The molecule has 0 atom stereocenters. The Balaban J connectivity index is 2.12. The van der Waals surface area contributed by atoms with E-state index in [1.807, 2.05) is 0 Å². The lowest BCUT2D eigenvalue weighted by Crippen LogP contribution is -2.37. The smallest absolute Gasteiger partial charge is 0.337 e. The fourth-order valence-electron chi connectivity index (χ4n) is 2.60. The first-order valence-corrected chi connectivity index (χ1v) is 11.0. The van der Waals surface area contributed by atoms with Gasteiger partial charge in [0.25, 0.3) is 0 Å². The summed E-state index contributed by atoms with van der Waals surface area (Å²) >= 11 is 6.10. The molecule has 1 amide bonds. The van der Waals surface area contributed by atoms with Crippen LogP contribution in [0.3, 0.4) is 0 Å². The van der Waals surface area contributed by atoms with Gasteiger partial charge in [-0.15, -0.1) is 0 Å².